The first kappa shape index (κ1) is 40.2. The number of nitrogens with zero attached hydrogens (tertiary/aromatic N) is 2. The van der Waals surface area contributed by atoms with Crippen LogP contribution in [0.1, 0.15) is 75.4 Å². The molecule has 0 saturated carbocycles. The Kier molecular flexibility index (Phi) is 12.3. The Labute approximate surface area is 298 Å². The van der Waals surface area contributed by atoms with Gasteiger partial charge in [-0.1, -0.05) is 0 Å². The van der Waals surface area contributed by atoms with E-state index in [0.29, 0.717) is 43.8 Å². The largest absolute Gasteiger partial charge is 0.507 e. The molecule has 0 aromatic heterocycles. The summed E-state index contributed by atoms with van der Waals surface area (Å²) in [6, 6.07) is 1.65. The van der Waals surface area contributed by atoms with Crippen LogP contribution in [0, 0.1) is 13.8 Å². The quantitative estimate of drug-likeness (QED) is 0.174. The minimum Gasteiger partial charge on any atom is -0.507 e. The standard InChI is InChI=1S/C35H54N4O12/c1-19-12-23(13-20(2)27(19)43)30(45)36-15-25(42)28(44)29-26(37-22(4)40)24(41)14-35(50-29,31(46)47)9-11-39-16-21(3)49-18-34(39)8-10-38(17-34)32(48)51-33(5,6)7/h12-13,21,24-26,28-29,41-44H,8-11,14-18H2,1-7H3,(H,36,45)(H,37,40)(H,46,47)/t21-,24-,25+,26+,28+,29+,34-,35+/m0/s1. The van der Waals surface area contributed by atoms with Gasteiger partial charge in [-0.2, -0.15) is 0 Å². The van der Waals surface area contributed by atoms with Gasteiger partial charge in [0.25, 0.3) is 5.91 Å². The number of benzene rings is 1. The van der Waals surface area contributed by atoms with Crippen molar-refractivity contribution in [2.24, 2.45) is 0 Å². The number of amides is 3. The Hall–Kier alpha value is -3.54. The predicted octanol–water partition coefficient (Wildman–Crippen LogP) is 0.429. The monoisotopic (exact) mass is 722 g/mol. The number of phenols is 1. The second-order valence-corrected chi connectivity index (χ2v) is 15.3. The van der Waals surface area contributed by atoms with Crippen molar-refractivity contribution < 1.29 is 58.9 Å². The smallest absolute Gasteiger partial charge is 0.410 e. The zero-order valence-corrected chi connectivity index (χ0v) is 30.5. The van der Waals surface area contributed by atoms with E-state index in [0.717, 1.165) is 0 Å². The van der Waals surface area contributed by atoms with Crippen LogP contribution in [0.5, 0.6) is 5.75 Å². The topological polar surface area (TPSA) is 228 Å². The molecule has 4 rings (SSSR count). The van der Waals surface area contributed by atoms with Crippen LogP contribution in [0.2, 0.25) is 0 Å². The SMILES string of the molecule is CC(=O)N[C@H]1[C@H]([C@H](O)[C@H](O)CNC(=O)c2cc(C)c(O)c(C)c2)O[C@@](CCN2C[C@H](C)OC[C@@]23CCN(C(=O)OC(C)(C)C)C3)(C(=O)O)C[C@@H]1O. The number of carboxylic acid groups (broad SMARTS) is 1. The van der Waals surface area contributed by atoms with Crippen molar-refractivity contribution in [2.45, 2.75) is 121 Å². The third-order valence-corrected chi connectivity index (χ3v) is 9.94. The third kappa shape index (κ3) is 9.28. The summed E-state index contributed by atoms with van der Waals surface area (Å²) in [6.45, 7) is 12.8. The van der Waals surface area contributed by atoms with E-state index >= 15 is 0 Å². The van der Waals surface area contributed by atoms with Crippen molar-refractivity contribution in [3.63, 3.8) is 0 Å². The Bertz CT molecular complexity index is 1450. The number of phenolic OH excluding ortho intramolecular Hbond substituents is 1. The van der Waals surface area contributed by atoms with E-state index in [-0.39, 0.29) is 30.4 Å². The van der Waals surface area contributed by atoms with Crippen LogP contribution in [0.25, 0.3) is 0 Å². The normalized spacial score (nSPS) is 29.7. The lowest BCUT2D eigenvalue weighted by molar-refractivity contribution is -0.231. The van der Waals surface area contributed by atoms with E-state index in [2.05, 4.69) is 15.5 Å². The van der Waals surface area contributed by atoms with Gasteiger partial charge in [0.2, 0.25) is 5.91 Å². The molecule has 3 aliphatic rings. The minimum atomic E-state index is -2.05. The molecule has 16 nitrogen and oxygen atoms in total. The fraction of sp³-hybridized carbons (Fsp3) is 0.714. The number of ether oxygens (including phenoxy) is 3. The van der Waals surface area contributed by atoms with Crippen molar-refractivity contribution >= 4 is 23.9 Å². The molecule has 1 spiro atoms. The highest BCUT2D eigenvalue weighted by Crippen LogP contribution is 2.38. The van der Waals surface area contributed by atoms with Crippen molar-refractivity contribution in [1.29, 1.82) is 0 Å². The van der Waals surface area contributed by atoms with Crippen molar-refractivity contribution in [3.05, 3.63) is 28.8 Å². The first-order valence-corrected chi connectivity index (χ1v) is 17.3. The summed E-state index contributed by atoms with van der Waals surface area (Å²) in [5.41, 5.74) is -2.20. The molecule has 0 unspecified atom stereocenters. The van der Waals surface area contributed by atoms with E-state index in [1.807, 2.05) is 6.92 Å². The number of likely N-dealkylation sites (tertiary alicyclic amines) is 1. The van der Waals surface area contributed by atoms with Gasteiger partial charge in [-0.05, 0) is 71.2 Å². The summed E-state index contributed by atoms with van der Waals surface area (Å²) in [4.78, 5) is 54.6. The lowest BCUT2D eigenvalue weighted by Gasteiger charge is -2.50. The van der Waals surface area contributed by atoms with Gasteiger partial charge in [-0.25, -0.2) is 9.59 Å². The molecule has 16 heteroatoms. The van der Waals surface area contributed by atoms with Gasteiger partial charge >= 0.3 is 12.1 Å². The number of carbonyl (C=O) groups is 4. The van der Waals surface area contributed by atoms with E-state index < -0.39 is 84.0 Å². The highest BCUT2D eigenvalue weighted by molar-refractivity contribution is 5.94. The molecule has 3 aliphatic heterocycles. The minimum absolute atomic E-state index is 0.0465. The molecule has 0 radical (unpaired) electrons. The number of aliphatic carboxylic acids is 1. The number of carbonyl (C=O) groups excluding carboxylic acids is 3. The van der Waals surface area contributed by atoms with Gasteiger partial charge in [0.05, 0.1) is 36.5 Å². The molecule has 3 heterocycles. The summed E-state index contributed by atoms with van der Waals surface area (Å²) in [7, 11) is 0. The van der Waals surface area contributed by atoms with Crippen LogP contribution in [0.15, 0.2) is 12.1 Å². The number of aliphatic hydroxyl groups excluding tert-OH is 3. The first-order valence-electron chi connectivity index (χ1n) is 17.3. The summed E-state index contributed by atoms with van der Waals surface area (Å²) >= 11 is 0. The van der Waals surface area contributed by atoms with Crippen molar-refractivity contribution in [3.8, 4) is 5.75 Å². The van der Waals surface area contributed by atoms with E-state index in [1.54, 1.807) is 39.5 Å². The summed E-state index contributed by atoms with van der Waals surface area (Å²) in [6.07, 6.45) is -7.32. The first-order chi connectivity index (χ1) is 23.7. The highest BCUT2D eigenvalue weighted by Gasteiger charge is 2.56. The number of nitrogens with one attached hydrogen (secondary N) is 2. The average molecular weight is 723 g/mol. The molecular formula is C35H54N4O12. The van der Waals surface area contributed by atoms with Gasteiger partial charge in [-0.3, -0.25) is 14.5 Å². The second kappa shape index (κ2) is 15.6. The van der Waals surface area contributed by atoms with Crippen LogP contribution < -0.4 is 10.6 Å². The molecule has 0 bridgehead atoms. The Morgan fingerprint density at radius 3 is 2.37 bits per heavy atom. The second-order valence-electron chi connectivity index (χ2n) is 15.3. The average Bonchev–Trinajstić information content (AvgIpc) is 3.47. The molecule has 8 atom stereocenters. The number of rotatable bonds is 10. The fourth-order valence-corrected chi connectivity index (χ4v) is 7.20. The van der Waals surface area contributed by atoms with Crippen LogP contribution in [0.4, 0.5) is 4.79 Å². The van der Waals surface area contributed by atoms with E-state index in [9.17, 15) is 44.7 Å². The van der Waals surface area contributed by atoms with Gasteiger partial charge in [-0.15, -0.1) is 0 Å². The van der Waals surface area contributed by atoms with Crippen LogP contribution >= 0.6 is 0 Å². The molecule has 51 heavy (non-hydrogen) atoms. The van der Waals surface area contributed by atoms with Gasteiger partial charge in [0.1, 0.15) is 23.6 Å². The lowest BCUT2D eigenvalue weighted by Crippen LogP contribution is -2.68. The molecule has 7 N–H and O–H groups in total. The zero-order chi connectivity index (χ0) is 38.1. The Balaban J connectivity index is 1.52. The summed E-state index contributed by atoms with van der Waals surface area (Å²) < 4.78 is 17.8. The number of aryl methyl sites for hydroxylation is 2. The maximum Gasteiger partial charge on any atom is 0.410 e. The summed E-state index contributed by atoms with van der Waals surface area (Å²) in [5, 5.41) is 59.3. The Morgan fingerprint density at radius 1 is 1.14 bits per heavy atom. The van der Waals surface area contributed by atoms with Crippen LogP contribution in [-0.2, 0) is 23.8 Å². The number of hydrogen-bond donors (Lipinski definition) is 7. The molecule has 286 valence electrons. The maximum atomic E-state index is 13.0. The molecule has 3 amide bonds. The van der Waals surface area contributed by atoms with E-state index in [4.69, 9.17) is 14.2 Å². The molecule has 3 saturated heterocycles. The van der Waals surface area contributed by atoms with E-state index in [1.165, 1.54) is 19.1 Å². The molecule has 1 aromatic carbocycles. The van der Waals surface area contributed by atoms with Gasteiger partial charge < -0.3 is 55.3 Å². The predicted molar refractivity (Wildman–Crippen MR) is 182 cm³/mol. The molecular weight excluding hydrogens is 668 g/mol. The lowest BCUT2D eigenvalue weighted by atomic mass is 9.81. The number of aromatic hydroxyl groups is 1. The van der Waals surface area contributed by atoms with Crippen molar-refractivity contribution in [2.75, 3.05) is 39.3 Å². The molecule has 3 fully saturated rings. The number of aliphatic hydroxyl groups is 3. The zero-order valence-electron chi connectivity index (χ0n) is 30.5. The maximum absolute atomic E-state index is 13.0. The van der Waals surface area contributed by atoms with Gasteiger partial charge in [0, 0.05) is 58.1 Å². The number of morpholine rings is 1. The Morgan fingerprint density at radius 2 is 1.78 bits per heavy atom. The highest BCUT2D eigenvalue weighted by atomic mass is 16.6. The number of hydrogen-bond acceptors (Lipinski definition) is 12. The van der Waals surface area contributed by atoms with Gasteiger partial charge in [0.15, 0.2) is 5.60 Å². The molecule has 0 aliphatic carbocycles. The fourth-order valence-electron chi connectivity index (χ4n) is 7.20. The van der Waals surface area contributed by atoms with Crippen LogP contribution in [0.3, 0.4) is 0 Å². The van der Waals surface area contributed by atoms with Crippen LogP contribution in [-0.4, -0.2) is 152 Å². The third-order valence-electron chi connectivity index (χ3n) is 9.94. The summed E-state index contributed by atoms with van der Waals surface area (Å²) in [5.74, 6) is -2.53. The number of carboxylic acids is 1. The van der Waals surface area contributed by atoms with Crippen molar-refractivity contribution in [1.82, 2.24) is 20.4 Å². The molecule has 1 aromatic rings.